The summed E-state index contributed by atoms with van der Waals surface area (Å²) in [6.45, 7) is 0.918. The van der Waals surface area contributed by atoms with Gasteiger partial charge in [0, 0.05) is 38.0 Å². The number of likely N-dealkylation sites (tertiary alicyclic amines) is 1. The number of aromatic nitrogens is 4. The van der Waals surface area contributed by atoms with Gasteiger partial charge >= 0.3 is 0 Å². The number of benzene rings is 1. The van der Waals surface area contributed by atoms with Gasteiger partial charge in [0.05, 0.1) is 11.7 Å². The SMILES string of the molecule is Cn1ccc(C(=O)N2CC(n3nc(-c4ccccc4)ccc3=O)C2)n1. The van der Waals surface area contributed by atoms with Crippen LogP contribution in [-0.4, -0.2) is 43.5 Å². The Balaban J connectivity index is 1.52. The van der Waals surface area contributed by atoms with Crippen molar-refractivity contribution in [1.29, 1.82) is 0 Å². The summed E-state index contributed by atoms with van der Waals surface area (Å²) in [6.07, 6.45) is 1.74. The lowest BCUT2D eigenvalue weighted by molar-refractivity contribution is 0.0486. The number of carbonyl (C=O) groups excluding carboxylic acids is 1. The number of nitrogens with zero attached hydrogens (tertiary/aromatic N) is 5. The van der Waals surface area contributed by atoms with Crippen LogP contribution in [0.1, 0.15) is 16.5 Å². The van der Waals surface area contributed by atoms with E-state index in [0.717, 1.165) is 11.3 Å². The maximum atomic E-state index is 12.3. The van der Waals surface area contributed by atoms with E-state index < -0.39 is 0 Å². The molecule has 1 aliphatic heterocycles. The largest absolute Gasteiger partial charge is 0.333 e. The molecule has 126 valence electrons. The van der Waals surface area contributed by atoms with Crippen molar-refractivity contribution < 1.29 is 4.79 Å². The number of amides is 1. The van der Waals surface area contributed by atoms with Gasteiger partial charge in [-0.1, -0.05) is 30.3 Å². The molecule has 3 aromatic rings. The standard InChI is InChI=1S/C18H17N5O2/c1-21-10-9-16(19-21)18(25)22-11-14(12-22)23-17(24)8-7-15(20-23)13-5-3-2-4-6-13/h2-10,14H,11-12H2,1H3. The van der Waals surface area contributed by atoms with Crippen LogP contribution in [0.3, 0.4) is 0 Å². The Labute approximate surface area is 144 Å². The van der Waals surface area contributed by atoms with Gasteiger partial charge in [0.25, 0.3) is 11.5 Å². The lowest BCUT2D eigenvalue weighted by Crippen LogP contribution is -2.53. The first kappa shape index (κ1) is 15.3. The number of hydrogen-bond acceptors (Lipinski definition) is 4. The van der Waals surface area contributed by atoms with E-state index in [4.69, 9.17) is 0 Å². The van der Waals surface area contributed by atoms with Crippen molar-refractivity contribution in [2.75, 3.05) is 13.1 Å². The van der Waals surface area contributed by atoms with Crippen LogP contribution in [0.2, 0.25) is 0 Å². The maximum Gasteiger partial charge on any atom is 0.274 e. The van der Waals surface area contributed by atoms with Crippen molar-refractivity contribution in [1.82, 2.24) is 24.5 Å². The predicted octanol–water partition coefficient (Wildman–Crippen LogP) is 1.34. The first-order valence-corrected chi connectivity index (χ1v) is 8.06. The van der Waals surface area contributed by atoms with Crippen LogP contribution in [0.4, 0.5) is 0 Å². The molecule has 4 rings (SSSR count). The molecule has 1 saturated heterocycles. The highest BCUT2D eigenvalue weighted by Crippen LogP contribution is 2.22. The monoisotopic (exact) mass is 335 g/mol. The highest BCUT2D eigenvalue weighted by Gasteiger charge is 2.34. The zero-order chi connectivity index (χ0) is 17.4. The zero-order valence-corrected chi connectivity index (χ0v) is 13.7. The highest BCUT2D eigenvalue weighted by molar-refractivity contribution is 5.92. The summed E-state index contributed by atoms with van der Waals surface area (Å²) in [6, 6.07) is 14.5. The van der Waals surface area contributed by atoms with Crippen molar-refractivity contribution in [2.24, 2.45) is 7.05 Å². The Morgan fingerprint density at radius 2 is 1.80 bits per heavy atom. The van der Waals surface area contributed by atoms with Crippen LogP contribution in [0.5, 0.6) is 0 Å². The average molecular weight is 335 g/mol. The van der Waals surface area contributed by atoms with Gasteiger partial charge in [0.2, 0.25) is 0 Å². The summed E-state index contributed by atoms with van der Waals surface area (Å²) in [4.78, 5) is 26.2. The Morgan fingerprint density at radius 3 is 2.48 bits per heavy atom. The van der Waals surface area contributed by atoms with E-state index in [2.05, 4.69) is 10.2 Å². The van der Waals surface area contributed by atoms with Crippen molar-refractivity contribution in [2.45, 2.75) is 6.04 Å². The van der Waals surface area contributed by atoms with E-state index in [9.17, 15) is 9.59 Å². The van der Waals surface area contributed by atoms with Crippen molar-refractivity contribution in [3.63, 3.8) is 0 Å². The fourth-order valence-corrected chi connectivity index (χ4v) is 2.92. The minimum atomic E-state index is -0.158. The molecule has 2 aromatic heterocycles. The van der Waals surface area contributed by atoms with E-state index in [-0.39, 0.29) is 17.5 Å². The van der Waals surface area contributed by atoms with Gasteiger partial charge in [-0.2, -0.15) is 10.2 Å². The molecule has 25 heavy (non-hydrogen) atoms. The molecule has 0 aliphatic carbocycles. The normalized spacial score (nSPS) is 14.4. The Morgan fingerprint density at radius 1 is 1.04 bits per heavy atom. The van der Waals surface area contributed by atoms with Crippen molar-refractivity contribution in [3.8, 4) is 11.3 Å². The summed E-state index contributed by atoms with van der Waals surface area (Å²) in [5.74, 6) is -0.121. The average Bonchev–Trinajstić information content (AvgIpc) is 3.02. The molecule has 0 bridgehead atoms. The molecule has 1 amide bonds. The van der Waals surface area contributed by atoms with E-state index in [1.54, 1.807) is 35.0 Å². The molecule has 1 aliphatic rings. The molecule has 3 heterocycles. The Kier molecular flexibility index (Phi) is 3.68. The second-order valence-corrected chi connectivity index (χ2v) is 6.11. The van der Waals surface area contributed by atoms with Crippen LogP contribution in [0.15, 0.2) is 59.5 Å². The first-order chi connectivity index (χ1) is 12.1. The van der Waals surface area contributed by atoms with E-state index >= 15 is 0 Å². The third kappa shape index (κ3) is 2.84. The maximum absolute atomic E-state index is 12.3. The molecule has 7 nitrogen and oxygen atoms in total. The fourth-order valence-electron chi connectivity index (χ4n) is 2.92. The predicted molar refractivity (Wildman–Crippen MR) is 92.1 cm³/mol. The van der Waals surface area contributed by atoms with Crippen LogP contribution < -0.4 is 5.56 Å². The molecule has 0 radical (unpaired) electrons. The number of aryl methyl sites for hydroxylation is 1. The van der Waals surface area contributed by atoms with Gasteiger partial charge < -0.3 is 4.90 Å². The molecule has 0 atom stereocenters. The quantitative estimate of drug-likeness (QED) is 0.724. The van der Waals surface area contributed by atoms with Crippen LogP contribution in [0.25, 0.3) is 11.3 Å². The Hall–Kier alpha value is -3.22. The molecule has 0 saturated carbocycles. The smallest absolute Gasteiger partial charge is 0.274 e. The number of rotatable bonds is 3. The minimum Gasteiger partial charge on any atom is -0.333 e. The summed E-state index contributed by atoms with van der Waals surface area (Å²) >= 11 is 0. The van der Waals surface area contributed by atoms with Gasteiger partial charge in [-0.05, 0) is 12.1 Å². The topological polar surface area (TPSA) is 73.0 Å². The molecule has 0 unspecified atom stereocenters. The first-order valence-electron chi connectivity index (χ1n) is 8.06. The summed E-state index contributed by atoms with van der Waals surface area (Å²) in [7, 11) is 1.77. The van der Waals surface area contributed by atoms with Crippen LogP contribution >= 0.6 is 0 Å². The third-order valence-corrected chi connectivity index (χ3v) is 4.32. The second-order valence-electron chi connectivity index (χ2n) is 6.11. The van der Waals surface area contributed by atoms with Crippen LogP contribution in [-0.2, 0) is 7.05 Å². The van der Waals surface area contributed by atoms with E-state index in [1.165, 1.54) is 10.7 Å². The summed E-state index contributed by atoms with van der Waals surface area (Å²) in [5, 5.41) is 8.61. The minimum absolute atomic E-state index is 0.108. The lowest BCUT2D eigenvalue weighted by atomic mass is 10.1. The molecular formula is C18H17N5O2. The third-order valence-electron chi connectivity index (χ3n) is 4.32. The molecule has 1 fully saturated rings. The summed E-state index contributed by atoms with van der Waals surface area (Å²) in [5.41, 5.74) is 1.96. The lowest BCUT2D eigenvalue weighted by Gasteiger charge is -2.38. The van der Waals surface area contributed by atoms with Gasteiger partial charge in [-0.3, -0.25) is 14.3 Å². The molecule has 0 N–H and O–H groups in total. The number of carbonyl (C=O) groups is 1. The highest BCUT2D eigenvalue weighted by atomic mass is 16.2. The second kappa shape index (κ2) is 6.01. The van der Waals surface area contributed by atoms with Gasteiger partial charge in [-0.15, -0.1) is 0 Å². The van der Waals surface area contributed by atoms with E-state index in [0.29, 0.717) is 18.8 Å². The molecule has 1 aromatic carbocycles. The van der Waals surface area contributed by atoms with Gasteiger partial charge in [0.15, 0.2) is 0 Å². The van der Waals surface area contributed by atoms with Crippen molar-refractivity contribution in [3.05, 3.63) is 70.8 Å². The van der Waals surface area contributed by atoms with Crippen LogP contribution in [0, 0.1) is 0 Å². The summed E-state index contributed by atoms with van der Waals surface area (Å²) < 4.78 is 3.07. The zero-order valence-electron chi connectivity index (χ0n) is 13.7. The van der Waals surface area contributed by atoms with Gasteiger partial charge in [0.1, 0.15) is 5.69 Å². The number of hydrogen-bond donors (Lipinski definition) is 0. The fraction of sp³-hybridized carbons (Fsp3) is 0.222. The Bertz CT molecular complexity index is 970. The van der Waals surface area contributed by atoms with E-state index in [1.807, 2.05) is 30.3 Å². The van der Waals surface area contributed by atoms with Crippen molar-refractivity contribution >= 4 is 5.91 Å². The van der Waals surface area contributed by atoms with Gasteiger partial charge in [-0.25, -0.2) is 4.68 Å². The molecule has 0 spiro atoms. The molecule has 7 heteroatoms. The molecular weight excluding hydrogens is 318 g/mol.